The highest BCUT2D eigenvalue weighted by Crippen LogP contribution is 2.26. The molecule has 0 fully saturated rings. The minimum atomic E-state index is 0.240. The third-order valence-corrected chi connectivity index (χ3v) is 3.72. The quantitative estimate of drug-likeness (QED) is 0.918. The second-order valence-electron chi connectivity index (χ2n) is 3.22. The summed E-state index contributed by atoms with van der Waals surface area (Å²) in [6, 6.07) is 8.33. The molecule has 4 heteroatoms. The second-order valence-corrected chi connectivity index (χ2v) is 5.00. The first kappa shape index (κ1) is 10.6. The average molecular weight is 283 g/mol. The standard InChI is InChI=1S/C11H11BrN2S/c1-8(11-13-6-7-15-11)14-10-5-3-2-4-9(10)12/h2-8,14H,1H3. The molecule has 78 valence electrons. The molecule has 2 nitrogen and oxygen atoms in total. The van der Waals surface area contributed by atoms with E-state index in [1.807, 2.05) is 35.8 Å². The van der Waals surface area contributed by atoms with Crippen LogP contribution in [0.15, 0.2) is 40.3 Å². The van der Waals surface area contributed by atoms with Gasteiger partial charge in [0.15, 0.2) is 0 Å². The van der Waals surface area contributed by atoms with Crippen LogP contribution in [0.5, 0.6) is 0 Å². The number of nitrogens with one attached hydrogen (secondary N) is 1. The number of nitrogens with zero attached hydrogens (tertiary/aromatic N) is 1. The Morgan fingerprint density at radius 2 is 2.20 bits per heavy atom. The van der Waals surface area contributed by atoms with E-state index < -0.39 is 0 Å². The van der Waals surface area contributed by atoms with Crippen molar-refractivity contribution in [2.75, 3.05) is 5.32 Å². The van der Waals surface area contributed by atoms with Crippen LogP contribution in [0.25, 0.3) is 0 Å². The number of anilines is 1. The number of para-hydroxylation sites is 1. The van der Waals surface area contributed by atoms with Gasteiger partial charge >= 0.3 is 0 Å². The predicted molar refractivity (Wildman–Crippen MR) is 68.3 cm³/mol. The molecular weight excluding hydrogens is 272 g/mol. The third-order valence-electron chi connectivity index (χ3n) is 2.07. The van der Waals surface area contributed by atoms with Crippen LogP contribution in [-0.2, 0) is 0 Å². The molecule has 1 unspecified atom stereocenters. The molecule has 1 N–H and O–H groups in total. The van der Waals surface area contributed by atoms with Crippen LogP contribution in [0, 0.1) is 0 Å². The lowest BCUT2D eigenvalue weighted by molar-refractivity contribution is 0.869. The van der Waals surface area contributed by atoms with Gasteiger partial charge in [0, 0.05) is 21.7 Å². The van der Waals surface area contributed by atoms with E-state index in [1.165, 1.54) is 0 Å². The molecule has 0 aliphatic carbocycles. The topological polar surface area (TPSA) is 24.9 Å². The summed E-state index contributed by atoms with van der Waals surface area (Å²) in [6.45, 7) is 2.11. The highest BCUT2D eigenvalue weighted by molar-refractivity contribution is 9.10. The van der Waals surface area contributed by atoms with Crippen LogP contribution in [0.3, 0.4) is 0 Å². The summed E-state index contributed by atoms with van der Waals surface area (Å²) in [4.78, 5) is 4.28. The molecule has 0 amide bonds. The molecule has 1 atom stereocenters. The van der Waals surface area contributed by atoms with E-state index >= 15 is 0 Å². The van der Waals surface area contributed by atoms with E-state index in [9.17, 15) is 0 Å². The molecule has 2 rings (SSSR count). The summed E-state index contributed by atoms with van der Waals surface area (Å²) < 4.78 is 1.08. The molecule has 0 spiro atoms. The second kappa shape index (κ2) is 4.77. The summed E-state index contributed by atoms with van der Waals surface area (Å²) in [7, 11) is 0. The molecule has 0 aliphatic heterocycles. The van der Waals surface area contributed by atoms with E-state index in [1.54, 1.807) is 11.3 Å². The summed E-state index contributed by atoms with van der Waals surface area (Å²) in [5, 5.41) is 6.51. The molecule has 0 aliphatic rings. The smallest absolute Gasteiger partial charge is 0.115 e. The SMILES string of the molecule is CC(Nc1ccccc1Br)c1nccs1. The van der Waals surface area contributed by atoms with E-state index in [0.29, 0.717) is 0 Å². The van der Waals surface area contributed by atoms with Gasteiger partial charge in [-0.25, -0.2) is 4.98 Å². The van der Waals surface area contributed by atoms with Gasteiger partial charge in [0.25, 0.3) is 0 Å². The maximum Gasteiger partial charge on any atom is 0.115 e. The molecule has 0 radical (unpaired) electrons. The highest BCUT2D eigenvalue weighted by atomic mass is 79.9. The zero-order valence-electron chi connectivity index (χ0n) is 8.27. The van der Waals surface area contributed by atoms with Gasteiger partial charge < -0.3 is 5.32 Å². The van der Waals surface area contributed by atoms with Gasteiger partial charge in [0.1, 0.15) is 5.01 Å². The van der Waals surface area contributed by atoms with Gasteiger partial charge in [-0.2, -0.15) is 0 Å². The first-order valence-corrected chi connectivity index (χ1v) is 6.35. The van der Waals surface area contributed by atoms with Gasteiger partial charge in [0.2, 0.25) is 0 Å². The minimum absolute atomic E-state index is 0.240. The van der Waals surface area contributed by atoms with Gasteiger partial charge in [-0.1, -0.05) is 12.1 Å². The first-order valence-electron chi connectivity index (χ1n) is 4.68. The number of halogens is 1. The fourth-order valence-electron chi connectivity index (χ4n) is 1.32. The zero-order chi connectivity index (χ0) is 10.7. The highest BCUT2D eigenvalue weighted by Gasteiger charge is 2.08. The molecule has 1 heterocycles. The Balaban J connectivity index is 2.13. The van der Waals surface area contributed by atoms with Crippen LogP contribution in [0.2, 0.25) is 0 Å². The van der Waals surface area contributed by atoms with Crippen molar-refractivity contribution in [1.82, 2.24) is 4.98 Å². The Morgan fingerprint density at radius 3 is 2.87 bits per heavy atom. The summed E-state index contributed by atoms with van der Waals surface area (Å²) in [5.74, 6) is 0. The Hall–Kier alpha value is -0.870. The molecule has 0 bridgehead atoms. The Morgan fingerprint density at radius 1 is 1.40 bits per heavy atom. The minimum Gasteiger partial charge on any atom is -0.375 e. The van der Waals surface area contributed by atoms with Gasteiger partial charge in [0.05, 0.1) is 6.04 Å². The number of hydrogen-bond donors (Lipinski definition) is 1. The van der Waals surface area contributed by atoms with E-state index in [0.717, 1.165) is 15.2 Å². The molecular formula is C11H11BrN2S. The van der Waals surface area contributed by atoms with Crippen molar-refractivity contribution in [3.63, 3.8) is 0 Å². The Bertz CT molecular complexity index is 428. The van der Waals surface area contributed by atoms with Crippen molar-refractivity contribution in [2.24, 2.45) is 0 Å². The predicted octanol–water partition coefficient (Wildman–Crippen LogP) is 4.08. The number of rotatable bonds is 3. The molecule has 0 saturated carbocycles. The van der Waals surface area contributed by atoms with Crippen LogP contribution in [0.4, 0.5) is 5.69 Å². The van der Waals surface area contributed by atoms with Crippen LogP contribution < -0.4 is 5.32 Å². The van der Waals surface area contributed by atoms with Gasteiger partial charge in [-0.05, 0) is 35.0 Å². The maximum absolute atomic E-state index is 4.28. The van der Waals surface area contributed by atoms with E-state index in [2.05, 4.69) is 33.2 Å². The summed E-state index contributed by atoms with van der Waals surface area (Å²) >= 11 is 5.18. The van der Waals surface area contributed by atoms with Crippen molar-refractivity contribution < 1.29 is 0 Å². The van der Waals surface area contributed by atoms with Gasteiger partial charge in [-0.15, -0.1) is 11.3 Å². The average Bonchev–Trinajstić information content (AvgIpc) is 2.74. The van der Waals surface area contributed by atoms with Crippen LogP contribution in [-0.4, -0.2) is 4.98 Å². The van der Waals surface area contributed by atoms with Crippen molar-refractivity contribution in [3.8, 4) is 0 Å². The lowest BCUT2D eigenvalue weighted by atomic mass is 10.3. The number of aromatic nitrogens is 1. The molecule has 2 aromatic rings. The molecule has 1 aromatic carbocycles. The first-order chi connectivity index (χ1) is 7.27. The lowest BCUT2D eigenvalue weighted by Gasteiger charge is -2.13. The number of thiazole rings is 1. The molecule has 15 heavy (non-hydrogen) atoms. The van der Waals surface area contributed by atoms with E-state index in [4.69, 9.17) is 0 Å². The molecule has 1 aromatic heterocycles. The van der Waals surface area contributed by atoms with Crippen molar-refractivity contribution >= 4 is 33.0 Å². The van der Waals surface area contributed by atoms with Crippen molar-refractivity contribution in [3.05, 3.63) is 45.3 Å². The monoisotopic (exact) mass is 282 g/mol. The van der Waals surface area contributed by atoms with Crippen molar-refractivity contribution in [2.45, 2.75) is 13.0 Å². The third kappa shape index (κ3) is 2.58. The number of hydrogen-bond acceptors (Lipinski definition) is 3. The Labute approximate surface area is 101 Å². The van der Waals surface area contributed by atoms with Crippen LogP contribution in [0.1, 0.15) is 18.0 Å². The fraction of sp³-hybridized carbons (Fsp3) is 0.182. The maximum atomic E-state index is 4.28. The largest absolute Gasteiger partial charge is 0.375 e. The lowest BCUT2D eigenvalue weighted by Crippen LogP contribution is -2.06. The Kier molecular flexibility index (Phi) is 3.38. The van der Waals surface area contributed by atoms with E-state index in [-0.39, 0.29) is 6.04 Å². The van der Waals surface area contributed by atoms with Crippen molar-refractivity contribution in [1.29, 1.82) is 0 Å². The zero-order valence-corrected chi connectivity index (χ0v) is 10.7. The summed E-state index contributed by atoms with van der Waals surface area (Å²) in [6.07, 6.45) is 1.83. The molecule has 0 saturated heterocycles. The fourth-order valence-corrected chi connectivity index (χ4v) is 2.37. The van der Waals surface area contributed by atoms with Crippen LogP contribution >= 0.6 is 27.3 Å². The van der Waals surface area contributed by atoms with Gasteiger partial charge in [-0.3, -0.25) is 0 Å². The normalized spacial score (nSPS) is 12.4. The summed E-state index contributed by atoms with van der Waals surface area (Å²) in [5.41, 5.74) is 1.10. The number of benzene rings is 1.